The minimum atomic E-state index is -0.280. The molecule has 1 fully saturated rings. The van der Waals surface area contributed by atoms with Crippen molar-refractivity contribution in [2.45, 2.75) is 24.8 Å². The number of benzene rings is 2. The van der Waals surface area contributed by atoms with E-state index >= 15 is 0 Å². The predicted molar refractivity (Wildman–Crippen MR) is 114 cm³/mol. The molecule has 6 heteroatoms. The van der Waals surface area contributed by atoms with Gasteiger partial charge in [-0.2, -0.15) is 0 Å². The third-order valence-corrected chi connectivity index (χ3v) is 7.18. The number of hydrogen-bond donors (Lipinski definition) is 0. The van der Waals surface area contributed by atoms with Gasteiger partial charge in [0, 0.05) is 29.1 Å². The van der Waals surface area contributed by atoms with Crippen molar-refractivity contribution in [2.24, 2.45) is 5.92 Å². The van der Waals surface area contributed by atoms with Crippen molar-refractivity contribution < 1.29 is 18.7 Å². The third kappa shape index (κ3) is 3.46. The fourth-order valence-electron chi connectivity index (χ4n) is 4.56. The summed E-state index contributed by atoms with van der Waals surface area (Å²) in [6.45, 7) is 0. The normalized spacial score (nSPS) is 21.3. The summed E-state index contributed by atoms with van der Waals surface area (Å²) < 4.78 is 25.5. The van der Waals surface area contributed by atoms with Gasteiger partial charge in [0.25, 0.3) is 0 Å². The molecule has 1 aromatic heterocycles. The van der Waals surface area contributed by atoms with Crippen LogP contribution >= 0.6 is 11.3 Å². The highest BCUT2D eigenvalue weighted by atomic mass is 32.1. The molecule has 3 atom stereocenters. The first kappa shape index (κ1) is 19.7. The van der Waals surface area contributed by atoms with Crippen molar-refractivity contribution in [3.63, 3.8) is 0 Å². The maximum atomic E-state index is 13.5. The highest BCUT2D eigenvalue weighted by Crippen LogP contribution is 2.49. The average Bonchev–Trinajstić information content (AvgIpc) is 3.35. The molecule has 1 heterocycles. The molecule has 3 aromatic rings. The largest absolute Gasteiger partial charge is 0.493 e. The Balaban J connectivity index is 1.76. The first-order valence-corrected chi connectivity index (χ1v) is 10.5. The van der Waals surface area contributed by atoms with Gasteiger partial charge in [0.1, 0.15) is 10.8 Å². The lowest BCUT2D eigenvalue weighted by molar-refractivity contribution is -0.145. The van der Waals surface area contributed by atoms with Crippen LogP contribution in [0.15, 0.2) is 48.5 Å². The van der Waals surface area contributed by atoms with Gasteiger partial charge in [0.05, 0.1) is 20.1 Å². The molecule has 0 bridgehead atoms. The number of nitrogens with zero attached hydrogens (tertiary/aromatic N) is 1. The van der Waals surface area contributed by atoms with Crippen LogP contribution in [0.3, 0.4) is 0 Å². The fourth-order valence-corrected chi connectivity index (χ4v) is 5.75. The first-order valence-electron chi connectivity index (χ1n) is 9.66. The molecule has 29 heavy (non-hydrogen) atoms. The zero-order valence-corrected chi connectivity index (χ0v) is 17.5. The van der Waals surface area contributed by atoms with Crippen molar-refractivity contribution in [3.05, 3.63) is 59.9 Å². The Bertz CT molecular complexity index is 1020. The van der Waals surface area contributed by atoms with E-state index in [1.165, 1.54) is 19.2 Å². The molecule has 0 N–H and O–H groups in total. The Morgan fingerprint density at radius 2 is 1.83 bits per heavy atom. The van der Waals surface area contributed by atoms with Gasteiger partial charge in [-0.15, -0.1) is 11.3 Å². The topological polar surface area (TPSA) is 38.8 Å². The van der Waals surface area contributed by atoms with E-state index in [9.17, 15) is 9.18 Å². The Morgan fingerprint density at radius 1 is 1.10 bits per heavy atom. The van der Waals surface area contributed by atoms with E-state index in [1.54, 1.807) is 30.6 Å². The molecule has 0 spiro atoms. The number of methoxy groups -OCH3 is 2. The molecule has 1 aliphatic carbocycles. The molecule has 0 saturated heterocycles. The van der Waals surface area contributed by atoms with E-state index in [2.05, 4.69) is 17.0 Å². The zero-order chi connectivity index (χ0) is 20.5. The highest BCUT2D eigenvalue weighted by Gasteiger charge is 2.44. The van der Waals surface area contributed by atoms with Crippen molar-refractivity contribution in [2.75, 3.05) is 26.2 Å². The number of likely N-dealkylation sites (N-methyl/N-ethyl adjacent to an activating group) is 1. The summed E-state index contributed by atoms with van der Waals surface area (Å²) in [4.78, 5) is 14.7. The van der Waals surface area contributed by atoms with E-state index in [0.29, 0.717) is 0 Å². The highest BCUT2D eigenvalue weighted by molar-refractivity contribution is 7.23. The van der Waals surface area contributed by atoms with E-state index in [1.807, 2.05) is 19.2 Å². The Hall–Kier alpha value is -2.60. The molecule has 3 unspecified atom stereocenters. The minimum Gasteiger partial charge on any atom is -0.493 e. The zero-order valence-electron chi connectivity index (χ0n) is 16.7. The lowest BCUT2D eigenvalue weighted by Gasteiger charge is -2.32. The molecule has 4 rings (SSSR count). The number of esters is 1. The molecular weight excluding hydrogens is 389 g/mol. The Kier molecular flexibility index (Phi) is 5.46. The molecular formula is C23H24FNO3S. The first-order chi connectivity index (χ1) is 14.0. The van der Waals surface area contributed by atoms with Gasteiger partial charge in [-0.3, -0.25) is 4.79 Å². The van der Waals surface area contributed by atoms with Crippen LogP contribution in [0.4, 0.5) is 9.39 Å². The second-order valence-corrected chi connectivity index (χ2v) is 8.43. The van der Waals surface area contributed by atoms with Crippen LogP contribution < -0.4 is 9.64 Å². The molecule has 1 aliphatic rings. The summed E-state index contributed by atoms with van der Waals surface area (Å²) in [5, 5.41) is 2.12. The van der Waals surface area contributed by atoms with Gasteiger partial charge >= 0.3 is 5.97 Å². The van der Waals surface area contributed by atoms with Gasteiger partial charge in [0.15, 0.2) is 5.75 Å². The minimum absolute atomic E-state index is 0.0755. The summed E-state index contributed by atoms with van der Waals surface area (Å²) in [5.41, 5.74) is 0.955. The molecule has 152 valence electrons. The Morgan fingerprint density at radius 3 is 2.52 bits per heavy atom. The fraction of sp³-hybridized carbons (Fsp3) is 0.348. The number of carbonyl (C=O) groups is 1. The van der Waals surface area contributed by atoms with Gasteiger partial charge in [-0.05, 0) is 42.7 Å². The Labute approximate surface area is 173 Å². The van der Waals surface area contributed by atoms with Crippen molar-refractivity contribution in [1.82, 2.24) is 0 Å². The summed E-state index contributed by atoms with van der Waals surface area (Å²) in [6.07, 6.45) is 1.58. The number of anilines is 1. The standard InChI is InChI=1S/C23H24FNO3S/c1-25(22-21(27-2)16-6-4-5-7-19(16)29-22)18-13-12-17(23(26)28-3)20(18)14-8-10-15(24)11-9-14/h4-11,17-18,20H,12-13H2,1-3H3. The van der Waals surface area contributed by atoms with Gasteiger partial charge < -0.3 is 14.4 Å². The van der Waals surface area contributed by atoms with Crippen LogP contribution in [-0.2, 0) is 9.53 Å². The number of carbonyl (C=O) groups excluding carboxylic acids is 1. The molecule has 0 radical (unpaired) electrons. The van der Waals surface area contributed by atoms with Crippen LogP contribution in [0.2, 0.25) is 0 Å². The maximum Gasteiger partial charge on any atom is 0.309 e. The molecule has 1 saturated carbocycles. The monoisotopic (exact) mass is 413 g/mol. The summed E-state index contributed by atoms with van der Waals surface area (Å²) >= 11 is 1.68. The molecule has 0 amide bonds. The van der Waals surface area contributed by atoms with Gasteiger partial charge in [-0.25, -0.2) is 4.39 Å². The van der Waals surface area contributed by atoms with E-state index in [-0.39, 0.29) is 29.7 Å². The molecule has 0 aliphatic heterocycles. The van der Waals surface area contributed by atoms with Crippen molar-refractivity contribution in [3.8, 4) is 5.75 Å². The average molecular weight is 414 g/mol. The second kappa shape index (κ2) is 8.03. The lowest BCUT2D eigenvalue weighted by Crippen LogP contribution is -2.36. The van der Waals surface area contributed by atoms with Crippen molar-refractivity contribution in [1.29, 1.82) is 0 Å². The number of fused-ring (bicyclic) bond motifs is 1. The van der Waals surface area contributed by atoms with Crippen molar-refractivity contribution >= 4 is 32.4 Å². The number of thiophene rings is 1. The third-order valence-electron chi connectivity index (χ3n) is 5.93. The number of rotatable bonds is 5. The number of halogens is 1. The van der Waals surface area contributed by atoms with Crippen LogP contribution in [0.25, 0.3) is 10.1 Å². The lowest BCUT2D eigenvalue weighted by atomic mass is 9.86. The number of hydrogen-bond acceptors (Lipinski definition) is 5. The van der Waals surface area contributed by atoms with Crippen LogP contribution in [-0.4, -0.2) is 33.3 Å². The summed E-state index contributed by atoms with van der Waals surface area (Å²) in [5.74, 6) is 0.0321. The van der Waals surface area contributed by atoms with Gasteiger partial charge in [-0.1, -0.05) is 24.3 Å². The maximum absolute atomic E-state index is 13.5. The summed E-state index contributed by atoms with van der Waals surface area (Å²) in [7, 11) is 5.17. The van der Waals surface area contributed by atoms with Crippen LogP contribution in [0.5, 0.6) is 5.75 Å². The SMILES string of the molecule is COC(=O)C1CCC(N(C)c2sc3ccccc3c2OC)C1c1ccc(F)cc1. The summed E-state index contributed by atoms with van der Waals surface area (Å²) in [6, 6.07) is 14.7. The van der Waals surface area contributed by atoms with Crippen LogP contribution in [0, 0.1) is 11.7 Å². The molecule has 4 nitrogen and oxygen atoms in total. The van der Waals surface area contributed by atoms with E-state index in [4.69, 9.17) is 9.47 Å². The number of ether oxygens (including phenoxy) is 2. The van der Waals surface area contributed by atoms with E-state index < -0.39 is 0 Å². The second-order valence-electron chi connectivity index (χ2n) is 7.40. The predicted octanol–water partition coefficient (Wildman–Crippen LogP) is 5.22. The van der Waals surface area contributed by atoms with Crippen LogP contribution in [0.1, 0.15) is 24.3 Å². The molecule has 2 aromatic carbocycles. The van der Waals surface area contributed by atoms with Gasteiger partial charge in [0.2, 0.25) is 0 Å². The van der Waals surface area contributed by atoms with E-state index in [0.717, 1.165) is 39.2 Å². The quantitative estimate of drug-likeness (QED) is 0.538. The smallest absolute Gasteiger partial charge is 0.309 e.